The van der Waals surface area contributed by atoms with Gasteiger partial charge in [-0.15, -0.1) is 0 Å². The van der Waals surface area contributed by atoms with E-state index in [1.165, 1.54) is 12.1 Å². The summed E-state index contributed by atoms with van der Waals surface area (Å²) in [6, 6.07) is 12.5. The molecule has 0 saturated heterocycles. The van der Waals surface area contributed by atoms with Gasteiger partial charge < -0.3 is 25.8 Å². The van der Waals surface area contributed by atoms with Gasteiger partial charge in [0.15, 0.2) is 0 Å². The summed E-state index contributed by atoms with van der Waals surface area (Å²) >= 11 is 0. The Kier molecular flexibility index (Phi) is 9.54. The lowest BCUT2D eigenvalue weighted by Crippen LogP contribution is -2.25. The third-order valence-electron chi connectivity index (χ3n) is 6.10. The third kappa shape index (κ3) is 7.24. The van der Waals surface area contributed by atoms with E-state index < -0.39 is 24.0 Å². The van der Waals surface area contributed by atoms with Crippen molar-refractivity contribution >= 4 is 11.8 Å². The Morgan fingerprint density at radius 1 is 1.14 bits per heavy atom. The Bertz CT molecular complexity index is 1220. The second-order valence-electron chi connectivity index (χ2n) is 9.35. The van der Waals surface area contributed by atoms with Crippen LogP contribution in [0.2, 0.25) is 0 Å². The van der Waals surface area contributed by atoms with Crippen LogP contribution >= 0.6 is 0 Å². The number of hydrogen-bond donors (Lipinski definition) is 4. The van der Waals surface area contributed by atoms with Crippen LogP contribution < -0.4 is 11.1 Å². The number of aliphatic hydroxyl groups excluding tert-OH is 2. The number of rotatable bonds is 12. The Morgan fingerprint density at radius 3 is 2.46 bits per heavy atom. The van der Waals surface area contributed by atoms with Crippen LogP contribution in [-0.2, 0) is 13.1 Å². The summed E-state index contributed by atoms with van der Waals surface area (Å²) < 4.78 is 15.5. The van der Waals surface area contributed by atoms with Crippen molar-refractivity contribution in [1.29, 1.82) is 0 Å². The zero-order chi connectivity index (χ0) is 27.1. The molecule has 2 unspecified atom stereocenters. The molecule has 0 spiro atoms. The van der Waals surface area contributed by atoms with Crippen LogP contribution in [0.1, 0.15) is 71.1 Å². The fraction of sp³-hybridized carbons (Fsp3) is 0.357. The molecule has 2 atom stereocenters. The molecule has 0 aliphatic rings. The Hall–Kier alpha value is -3.56. The molecular formula is C28H34FN4O4. The van der Waals surface area contributed by atoms with Crippen molar-refractivity contribution < 1.29 is 24.2 Å². The molecule has 8 nitrogen and oxygen atoms in total. The number of carbonyl (C=O) groups is 2. The summed E-state index contributed by atoms with van der Waals surface area (Å²) in [5.41, 5.74) is 7.94. The van der Waals surface area contributed by atoms with E-state index in [4.69, 9.17) is 5.73 Å². The second-order valence-corrected chi connectivity index (χ2v) is 9.35. The Labute approximate surface area is 216 Å². The van der Waals surface area contributed by atoms with E-state index in [-0.39, 0.29) is 30.4 Å². The Morgan fingerprint density at radius 2 is 1.84 bits per heavy atom. The predicted octanol–water partition coefficient (Wildman–Crippen LogP) is 3.57. The number of carbonyl (C=O) groups excluding carboxylic acids is 2. The van der Waals surface area contributed by atoms with Crippen molar-refractivity contribution in [2.45, 2.75) is 64.3 Å². The lowest BCUT2D eigenvalue weighted by Gasteiger charge is -2.19. The van der Waals surface area contributed by atoms with Crippen molar-refractivity contribution in [3.05, 3.63) is 83.8 Å². The molecule has 0 aliphatic heterocycles. The fourth-order valence-corrected chi connectivity index (χ4v) is 4.19. The minimum absolute atomic E-state index is 0.0942. The maximum absolute atomic E-state index is 13.6. The van der Waals surface area contributed by atoms with Gasteiger partial charge in [-0.05, 0) is 67.1 Å². The SMILES string of the molecule is [CH2]CC(O)CC(O)CCn1c(-c2ccc(F)cc2)nc(C(=O)NCc2cccc(C(N)=O)c2)c1C(C)C. The average Bonchev–Trinajstić information content (AvgIpc) is 3.26. The Balaban J connectivity index is 1.93. The summed E-state index contributed by atoms with van der Waals surface area (Å²) in [6.45, 7) is 8.05. The summed E-state index contributed by atoms with van der Waals surface area (Å²) in [6.07, 6.45) is -0.656. The van der Waals surface area contributed by atoms with E-state index in [1.807, 2.05) is 18.4 Å². The first-order valence-corrected chi connectivity index (χ1v) is 12.3. The zero-order valence-electron chi connectivity index (χ0n) is 21.2. The molecular weight excluding hydrogens is 475 g/mol. The first kappa shape index (κ1) is 28.0. The first-order chi connectivity index (χ1) is 17.6. The molecule has 0 saturated carbocycles. The van der Waals surface area contributed by atoms with Crippen LogP contribution in [0.4, 0.5) is 4.39 Å². The molecule has 9 heteroatoms. The van der Waals surface area contributed by atoms with E-state index >= 15 is 0 Å². The lowest BCUT2D eigenvalue weighted by molar-refractivity contribution is 0.0742. The molecule has 0 bridgehead atoms. The van der Waals surface area contributed by atoms with E-state index in [2.05, 4.69) is 17.2 Å². The topological polar surface area (TPSA) is 130 Å². The van der Waals surface area contributed by atoms with Gasteiger partial charge in [-0.2, -0.15) is 0 Å². The molecule has 3 rings (SSSR count). The maximum atomic E-state index is 13.6. The molecule has 1 aromatic heterocycles. The van der Waals surface area contributed by atoms with E-state index in [0.29, 0.717) is 47.6 Å². The second kappa shape index (κ2) is 12.6. The summed E-state index contributed by atoms with van der Waals surface area (Å²) in [7, 11) is 0. The highest BCUT2D eigenvalue weighted by Gasteiger charge is 2.26. The van der Waals surface area contributed by atoms with E-state index in [9.17, 15) is 24.2 Å². The standard InChI is InChI=1S/C28H34FN4O4/c1-4-22(34)15-23(35)12-13-33-25(17(2)3)24(32-27(33)19-8-10-21(29)11-9-19)28(37)31-16-18-6-5-7-20(14-18)26(30)36/h5-11,14,17,22-23,34-35H,1,4,12-13,15-16H2,2-3H3,(H2,30,36)(H,31,37). The molecule has 5 N–H and O–H groups in total. The predicted molar refractivity (Wildman–Crippen MR) is 139 cm³/mol. The van der Waals surface area contributed by atoms with Crippen molar-refractivity contribution in [3.8, 4) is 11.4 Å². The highest BCUT2D eigenvalue weighted by Crippen LogP contribution is 2.29. The summed E-state index contributed by atoms with van der Waals surface area (Å²) in [4.78, 5) is 29.4. The smallest absolute Gasteiger partial charge is 0.272 e. The van der Waals surface area contributed by atoms with Gasteiger partial charge in [0.05, 0.1) is 17.9 Å². The van der Waals surface area contributed by atoms with Gasteiger partial charge in [0, 0.05) is 24.2 Å². The maximum Gasteiger partial charge on any atom is 0.272 e. The van der Waals surface area contributed by atoms with Crippen molar-refractivity contribution in [2.24, 2.45) is 5.73 Å². The van der Waals surface area contributed by atoms with Crippen LogP contribution in [0.3, 0.4) is 0 Å². The van der Waals surface area contributed by atoms with Crippen molar-refractivity contribution in [1.82, 2.24) is 14.9 Å². The quantitative estimate of drug-likeness (QED) is 0.297. The average molecular weight is 510 g/mol. The number of nitrogens with two attached hydrogens (primary N) is 1. The van der Waals surface area contributed by atoms with Gasteiger partial charge in [-0.25, -0.2) is 9.37 Å². The molecule has 2 amide bonds. The molecule has 37 heavy (non-hydrogen) atoms. The molecule has 0 aliphatic carbocycles. The zero-order valence-corrected chi connectivity index (χ0v) is 21.2. The lowest BCUT2D eigenvalue weighted by atomic mass is 10.1. The molecule has 197 valence electrons. The number of halogens is 1. The number of nitrogens with zero attached hydrogens (tertiary/aromatic N) is 2. The van der Waals surface area contributed by atoms with Crippen LogP contribution in [0.25, 0.3) is 11.4 Å². The number of benzene rings is 2. The summed E-state index contributed by atoms with van der Waals surface area (Å²) in [5, 5.41) is 23.2. The molecule has 1 radical (unpaired) electrons. The van der Waals surface area contributed by atoms with Crippen molar-refractivity contribution in [2.75, 3.05) is 0 Å². The fourth-order valence-electron chi connectivity index (χ4n) is 4.19. The van der Waals surface area contributed by atoms with Crippen LogP contribution in [-0.4, -0.2) is 43.8 Å². The van der Waals surface area contributed by atoms with E-state index in [0.717, 1.165) is 0 Å². The number of aliphatic hydroxyl groups is 2. The molecule has 3 aromatic rings. The third-order valence-corrected chi connectivity index (χ3v) is 6.10. The molecule has 2 aromatic carbocycles. The highest BCUT2D eigenvalue weighted by molar-refractivity contribution is 5.95. The van der Waals surface area contributed by atoms with Crippen LogP contribution in [0.5, 0.6) is 0 Å². The monoisotopic (exact) mass is 509 g/mol. The first-order valence-electron chi connectivity index (χ1n) is 12.3. The van der Waals surface area contributed by atoms with Gasteiger partial charge in [-0.1, -0.05) is 32.9 Å². The largest absolute Gasteiger partial charge is 0.393 e. The number of hydrogen-bond acceptors (Lipinski definition) is 5. The molecule has 1 heterocycles. The number of amides is 2. The normalized spacial score (nSPS) is 12.9. The minimum Gasteiger partial charge on any atom is -0.393 e. The van der Waals surface area contributed by atoms with E-state index in [1.54, 1.807) is 36.4 Å². The van der Waals surface area contributed by atoms with Gasteiger partial charge in [0.25, 0.3) is 5.91 Å². The molecule has 0 fully saturated rings. The number of aromatic nitrogens is 2. The van der Waals surface area contributed by atoms with Crippen molar-refractivity contribution in [3.63, 3.8) is 0 Å². The van der Waals surface area contributed by atoms with Crippen LogP contribution in [0, 0.1) is 12.7 Å². The number of imidazole rings is 1. The highest BCUT2D eigenvalue weighted by atomic mass is 19.1. The van der Waals surface area contributed by atoms with Gasteiger partial charge in [0.2, 0.25) is 5.91 Å². The minimum atomic E-state index is -0.768. The van der Waals surface area contributed by atoms with Gasteiger partial charge >= 0.3 is 0 Å². The number of primary amides is 1. The van der Waals surface area contributed by atoms with Crippen LogP contribution in [0.15, 0.2) is 48.5 Å². The van der Waals surface area contributed by atoms with Gasteiger partial charge in [0.1, 0.15) is 17.3 Å². The number of nitrogens with one attached hydrogen (secondary N) is 1. The van der Waals surface area contributed by atoms with Gasteiger partial charge in [-0.3, -0.25) is 9.59 Å². The summed E-state index contributed by atoms with van der Waals surface area (Å²) in [5.74, 6) is -0.955.